The zero-order valence-electron chi connectivity index (χ0n) is 11.5. The molecule has 1 fully saturated rings. The lowest BCUT2D eigenvalue weighted by Gasteiger charge is -2.30. The fourth-order valence-electron chi connectivity index (χ4n) is 2.59. The van der Waals surface area contributed by atoms with Gasteiger partial charge in [0.2, 0.25) is 0 Å². The molecule has 4 heteroatoms. The topological polar surface area (TPSA) is 15.3 Å². The van der Waals surface area contributed by atoms with Gasteiger partial charge in [0.25, 0.3) is 0 Å². The van der Waals surface area contributed by atoms with Crippen LogP contribution in [-0.4, -0.2) is 30.6 Å². The van der Waals surface area contributed by atoms with Crippen molar-refractivity contribution in [2.24, 2.45) is 0 Å². The molecule has 0 amide bonds. The molecule has 1 unspecified atom stereocenters. The van der Waals surface area contributed by atoms with Gasteiger partial charge in [-0.05, 0) is 43.6 Å². The van der Waals surface area contributed by atoms with Crippen LogP contribution in [0.1, 0.15) is 31.7 Å². The summed E-state index contributed by atoms with van der Waals surface area (Å²) in [5.41, 5.74) is 1.31. The highest BCUT2D eigenvalue weighted by atomic mass is 79.9. The summed E-state index contributed by atoms with van der Waals surface area (Å²) >= 11 is 9.59. The molecule has 1 N–H and O–H groups in total. The van der Waals surface area contributed by atoms with E-state index >= 15 is 0 Å². The fraction of sp³-hybridized carbons (Fsp3) is 0.600. The highest BCUT2D eigenvalue weighted by molar-refractivity contribution is 9.10. The summed E-state index contributed by atoms with van der Waals surface area (Å²) in [5.74, 6) is 0. The molecule has 2 nitrogen and oxygen atoms in total. The molecule has 1 aromatic rings. The van der Waals surface area contributed by atoms with Gasteiger partial charge < -0.3 is 5.32 Å². The summed E-state index contributed by atoms with van der Waals surface area (Å²) in [6.07, 6.45) is 3.99. The average Bonchev–Trinajstić information content (AvgIpc) is 2.42. The fourth-order valence-corrected chi connectivity index (χ4v) is 3.40. The van der Waals surface area contributed by atoms with Gasteiger partial charge in [-0.1, -0.05) is 46.9 Å². The van der Waals surface area contributed by atoms with Crippen molar-refractivity contribution in [1.82, 2.24) is 10.2 Å². The number of halogens is 2. The summed E-state index contributed by atoms with van der Waals surface area (Å²) in [4.78, 5) is 2.50. The number of hydrogen-bond donors (Lipinski definition) is 1. The van der Waals surface area contributed by atoms with Crippen molar-refractivity contribution in [1.29, 1.82) is 0 Å². The maximum absolute atomic E-state index is 5.99. The van der Waals surface area contributed by atoms with Gasteiger partial charge in [-0.25, -0.2) is 0 Å². The molecule has 0 aromatic heterocycles. The zero-order chi connectivity index (χ0) is 13.7. The monoisotopic (exact) mass is 344 g/mol. The minimum Gasteiger partial charge on any atom is -0.313 e. The van der Waals surface area contributed by atoms with Gasteiger partial charge >= 0.3 is 0 Å². The van der Waals surface area contributed by atoms with Gasteiger partial charge in [-0.2, -0.15) is 0 Å². The number of piperidine rings is 1. The third-order valence-corrected chi connectivity index (χ3v) is 4.72. The number of nitrogens with zero attached hydrogens (tertiary/aromatic N) is 1. The first kappa shape index (κ1) is 15.3. The second-order valence-electron chi connectivity index (χ2n) is 5.21. The number of likely N-dealkylation sites (N-methyl/N-ethyl adjacent to an activating group) is 1. The molecular formula is C15H22BrClN2. The number of benzene rings is 1. The highest BCUT2D eigenvalue weighted by Gasteiger charge is 2.16. The van der Waals surface area contributed by atoms with Crippen LogP contribution in [0.4, 0.5) is 0 Å². The first-order valence-electron chi connectivity index (χ1n) is 7.08. The van der Waals surface area contributed by atoms with Crippen LogP contribution in [0.15, 0.2) is 22.7 Å². The quantitative estimate of drug-likeness (QED) is 0.865. The Bertz CT molecular complexity index is 405. The van der Waals surface area contributed by atoms with Crippen molar-refractivity contribution < 1.29 is 0 Å². The van der Waals surface area contributed by atoms with Crippen molar-refractivity contribution in [3.63, 3.8) is 0 Å². The summed E-state index contributed by atoms with van der Waals surface area (Å²) in [6, 6.07) is 6.71. The van der Waals surface area contributed by atoms with E-state index in [1.807, 2.05) is 12.1 Å². The van der Waals surface area contributed by atoms with Crippen molar-refractivity contribution in [3.8, 4) is 0 Å². The van der Waals surface area contributed by atoms with Crippen molar-refractivity contribution in [2.45, 2.75) is 38.8 Å². The van der Waals surface area contributed by atoms with Gasteiger partial charge in [0.1, 0.15) is 0 Å². The first-order valence-corrected chi connectivity index (χ1v) is 8.26. The molecule has 1 aromatic carbocycles. The molecular weight excluding hydrogens is 324 g/mol. The lowest BCUT2D eigenvalue weighted by atomic mass is 10.0. The Morgan fingerprint density at radius 1 is 1.42 bits per heavy atom. The van der Waals surface area contributed by atoms with Gasteiger partial charge in [0.05, 0.1) is 0 Å². The Balaban J connectivity index is 1.94. The van der Waals surface area contributed by atoms with E-state index in [-0.39, 0.29) is 0 Å². The molecule has 0 saturated carbocycles. The SMILES string of the molecule is CCN(Cc1ccc(Cl)cc1Br)CC1CCCCN1. The Kier molecular flexibility index (Phi) is 6.14. The van der Waals surface area contributed by atoms with Crippen molar-refractivity contribution in [2.75, 3.05) is 19.6 Å². The van der Waals surface area contributed by atoms with Gasteiger partial charge in [0, 0.05) is 28.6 Å². The van der Waals surface area contributed by atoms with Crippen LogP contribution in [0.25, 0.3) is 0 Å². The van der Waals surface area contributed by atoms with Crippen LogP contribution in [0.2, 0.25) is 5.02 Å². The zero-order valence-corrected chi connectivity index (χ0v) is 13.8. The van der Waals surface area contributed by atoms with Crippen molar-refractivity contribution >= 4 is 27.5 Å². The molecule has 106 valence electrons. The van der Waals surface area contributed by atoms with Gasteiger partial charge in [-0.15, -0.1) is 0 Å². The molecule has 0 radical (unpaired) electrons. The summed E-state index contributed by atoms with van der Waals surface area (Å²) in [6.45, 7) is 6.59. The largest absolute Gasteiger partial charge is 0.313 e. The molecule has 0 bridgehead atoms. The van der Waals surface area contributed by atoms with Crippen molar-refractivity contribution in [3.05, 3.63) is 33.3 Å². The molecule has 19 heavy (non-hydrogen) atoms. The second kappa shape index (κ2) is 7.63. The number of rotatable bonds is 5. The van der Waals surface area contributed by atoms with Crippen LogP contribution >= 0.6 is 27.5 Å². The predicted molar refractivity (Wildman–Crippen MR) is 85.7 cm³/mol. The van der Waals surface area contributed by atoms with E-state index < -0.39 is 0 Å². The molecule has 1 aliphatic rings. The molecule has 1 saturated heterocycles. The van der Waals surface area contributed by atoms with E-state index in [4.69, 9.17) is 11.6 Å². The predicted octanol–water partition coefficient (Wildman–Crippen LogP) is 4.07. The van der Waals surface area contributed by atoms with Crippen LogP contribution in [0.5, 0.6) is 0 Å². The van der Waals surface area contributed by atoms with E-state index in [0.29, 0.717) is 6.04 Å². The van der Waals surface area contributed by atoms with Crippen LogP contribution in [0.3, 0.4) is 0 Å². The highest BCUT2D eigenvalue weighted by Crippen LogP contribution is 2.23. The first-order chi connectivity index (χ1) is 9.19. The molecule has 1 atom stereocenters. The third kappa shape index (κ3) is 4.75. The second-order valence-corrected chi connectivity index (χ2v) is 6.50. The lowest BCUT2D eigenvalue weighted by Crippen LogP contribution is -2.43. The smallest absolute Gasteiger partial charge is 0.0417 e. The number of nitrogens with one attached hydrogen (secondary N) is 1. The Morgan fingerprint density at radius 3 is 2.89 bits per heavy atom. The maximum atomic E-state index is 5.99. The molecule has 0 spiro atoms. The Morgan fingerprint density at radius 2 is 2.26 bits per heavy atom. The molecule has 1 aliphatic heterocycles. The van der Waals surface area contributed by atoms with Gasteiger partial charge in [-0.3, -0.25) is 4.90 Å². The van der Waals surface area contributed by atoms with Gasteiger partial charge in [0.15, 0.2) is 0 Å². The third-order valence-electron chi connectivity index (χ3n) is 3.75. The Hall–Kier alpha value is -0.0900. The standard InChI is InChI=1S/C15H22BrClN2/c1-2-19(11-14-5-3-4-8-18-14)10-12-6-7-13(17)9-15(12)16/h6-7,9,14,18H,2-5,8,10-11H2,1H3. The molecule has 0 aliphatic carbocycles. The maximum Gasteiger partial charge on any atom is 0.0417 e. The van der Waals surface area contributed by atoms with Crippen LogP contribution in [-0.2, 0) is 6.54 Å². The van der Waals surface area contributed by atoms with E-state index in [1.54, 1.807) is 0 Å². The molecule has 1 heterocycles. The summed E-state index contributed by atoms with van der Waals surface area (Å²) in [5, 5.41) is 4.40. The minimum absolute atomic E-state index is 0.653. The van der Waals surface area contributed by atoms with Crippen LogP contribution < -0.4 is 5.32 Å². The van der Waals surface area contributed by atoms with E-state index in [9.17, 15) is 0 Å². The molecule has 2 rings (SSSR count). The lowest BCUT2D eigenvalue weighted by molar-refractivity contribution is 0.226. The normalized spacial score (nSPS) is 19.9. The van der Waals surface area contributed by atoms with Crippen LogP contribution in [0, 0.1) is 0 Å². The number of hydrogen-bond acceptors (Lipinski definition) is 2. The summed E-state index contributed by atoms with van der Waals surface area (Å²) < 4.78 is 1.11. The van der Waals surface area contributed by atoms with E-state index in [1.165, 1.54) is 31.4 Å². The van der Waals surface area contributed by atoms with E-state index in [2.05, 4.69) is 39.1 Å². The minimum atomic E-state index is 0.653. The van der Waals surface area contributed by atoms with E-state index in [0.717, 1.165) is 29.1 Å². The summed E-state index contributed by atoms with van der Waals surface area (Å²) in [7, 11) is 0. The average molecular weight is 346 g/mol. The Labute approximate surface area is 129 Å².